The number of aryl methyl sites for hydroxylation is 1. The molecule has 1 aliphatic rings. The van der Waals surface area contributed by atoms with Crippen molar-refractivity contribution >= 4 is 11.6 Å². The highest BCUT2D eigenvalue weighted by molar-refractivity contribution is 5.92. The zero-order valence-corrected chi connectivity index (χ0v) is 12.5. The Kier molecular flexibility index (Phi) is 5.56. The van der Waals surface area contributed by atoms with E-state index in [0.717, 1.165) is 24.3 Å². The summed E-state index contributed by atoms with van der Waals surface area (Å²) in [5.74, 6) is 0.0247. The first kappa shape index (κ1) is 15.0. The average molecular weight is 275 g/mol. The fraction of sp³-hybridized carbons (Fsp3) is 0.562. The summed E-state index contributed by atoms with van der Waals surface area (Å²) in [6.45, 7) is 7.79. The topological polar surface area (TPSA) is 44.4 Å². The molecule has 0 aliphatic carbocycles. The van der Waals surface area contributed by atoms with Crippen molar-refractivity contribution in [1.82, 2.24) is 10.2 Å². The molecule has 2 rings (SSSR count). The minimum absolute atomic E-state index is 0.0247. The lowest BCUT2D eigenvalue weighted by Gasteiger charge is -2.22. The summed E-state index contributed by atoms with van der Waals surface area (Å²) in [5.41, 5.74) is 2.02. The Balaban J connectivity index is 1.70. The molecular formula is C16H25N3O. The van der Waals surface area contributed by atoms with Crippen molar-refractivity contribution < 1.29 is 4.79 Å². The van der Waals surface area contributed by atoms with Crippen molar-refractivity contribution in [1.29, 1.82) is 0 Å². The molecule has 1 saturated heterocycles. The molecule has 1 heterocycles. The van der Waals surface area contributed by atoms with Gasteiger partial charge in [0.25, 0.3) is 0 Å². The second-order valence-corrected chi connectivity index (χ2v) is 5.47. The Morgan fingerprint density at radius 3 is 3.05 bits per heavy atom. The van der Waals surface area contributed by atoms with Gasteiger partial charge in [-0.25, -0.2) is 0 Å². The average Bonchev–Trinajstić information content (AvgIpc) is 2.86. The van der Waals surface area contributed by atoms with Gasteiger partial charge in [-0.3, -0.25) is 9.69 Å². The number of nitrogens with zero attached hydrogens (tertiary/aromatic N) is 1. The number of nitrogens with one attached hydrogen (secondary N) is 2. The van der Waals surface area contributed by atoms with Gasteiger partial charge in [-0.15, -0.1) is 0 Å². The highest BCUT2D eigenvalue weighted by Gasteiger charge is 2.22. The molecule has 110 valence electrons. The molecule has 20 heavy (non-hydrogen) atoms. The van der Waals surface area contributed by atoms with Gasteiger partial charge >= 0.3 is 0 Å². The lowest BCUT2D eigenvalue weighted by molar-refractivity contribution is -0.115. The van der Waals surface area contributed by atoms with E-state index in [1.54, 1.807) is 0 Å². The third kappa shape index (κ3) is 4.32. The molecule has 1 aromatic carbocycles. The molecule has 1 fully saturated rings. The number of carbonyl (C=O) groups is 1. The summed E-state index contributed by atoms with van der Waals surface area (Å²) >= 11 is 0. The maximum atomic E-state index is 11.9. The standard InChI is InChI=1S/C16H25N3O/c1-3-19-9-5-8-15(19)11-17-12-16(20)18-14-7-4-6-13(2)10-14/h4,6-7,10,15,17H,3,5,8-9,11-12H2,1-2H3,(H,18,20). The first-order valence-electron chi connectivity index (χ1n) is 7.50. The maximum Gasteiger partial charge on any atom is 0.238 e. The van der Waals surface area contributed by atoms with Gasteiger partial charge in [-0.2, -0.15) is 0 Å². The van der Waals surface area contributed by atoms with Crippen molar-refractivity contribution in [2.75, 3.05) is 31.5 Å². The van der Waals surface area contributed by atoms with E-state index in [1.165, 1.54) is 19.4 Å². The summed E-state index contributed by atoms with van der Waals surface area (Å²) < 4.78 is 0. The van der Waals surface area contributed by atoms with Gasteiger partial charge in [0.15, 0.2) is 0 Å². The third-order valence-corrected chi connectivity index (χ3v) is 3.87. The van der Waals surface area contributed by atoms with E-state index in [-0.39, 0.29) is 5.91 Å². The van der Waals surface area contributed by atoms with Crippen molar-refractivity contribution in [3.63, 3.8) is 0 Å². The number of likely N-dealkylation sites (tertiary alicyclic amines) is 1. The van der Waals surface area contributed by atoms with Crippen LogP contribution in [0, 0.1) is 6.92 Å². The van der Waals surface area contributed by atoms with Gasteiger partial charge in [-0.05, 0) is 50.6 Å². The lowest BCUT2D eigenvalue weighted by Crippen LogP contribution is -2.40. The normalized spacial score (nSPS) is 19.2. The molecule has 1 unspecified atom stereocenters. The van der Waals surface area contributed by atoms with Crippen LogP contribution in [-0.4, -0.2) is 43.0 Å². The van der Waals surface area contributed by atoms with E-state index in [0.29, 0.717) is 12.6 Å². The van der Waals surface area contributed by atoms with Gasteiger partial charge < -0.3 is 10.6 Å². The van der Waals surface area contributed by atoms with Gasteiger partial charge in [0, 0.05) is 18.3 Å². The number of anilines is 1. The number of hydrogen-bond donors (Lipinski definition) is 2. The predicted molar refractivity (Wildman–Crippen MR) is 82.9 cm³/mol. The van der Waals surface area contributed by atoms with Crippen molar-refractivity contribution in [3.8, 4) is 0 Å². The number of carbonyl (C=O) groups excluding carboxylic acids is 1. The molecule has 4 nitrogen and oxygen atoms in total. The summed E-state index contributed by atoms with van der Waals surface area (Å²) in [5, 5.41) is 6.19. The quantitative estimate of drug-likeness (QED) is 0.834. The number of hydrogen-bond acceptors (Lipinski definition) is 3. The zero-order chi connectivity index (χ0) is 14.4. The maximum absolute atomic E-state index is 11.9. The van der Waals surface area contributed by atoms with E-state index in [1.807, 2.05) is 31.2 Å². The largest absolute Gasteiger partial charge is 0.325 e. The van der Waals surface area contributed by atoms with Gasteiger partial charge in [0.1, 0.15) is 0 Å². The molecule has 0 bridgehead atoms. The number of likely N-dealkylation sites (N-methyl/N-ethyl adjacent to an activating group) is 1. The Hall–Kier alpha value is -1.39. The van der Waals surface area contributed by atoms with Crippen LogP contribution in [0.3, 0.4) is 0 Å². The summed E-state index contributed by atoms with van der Waals surface area (Å²) in [7, 11) is 0. The van der Waals surface area contributed by atoms with E-state index < -0.39 is 0 Å². The van der Waals surface area contributed by atoms with Crippen molar-refractivity contribution in [2.45, 2.75) is 32.7 Å². The molecule has 1 aromatic rings. The second kappa shape index (κ2) is 7.41. The minimum atomic E-state index is 0.0247. The summed E-state index contributed by atoms with van der Waals surface area (Å²) in [4.78, 5) is 14.3. The van der Waals surface area contributed by atoms with Crippen LogP contribution in [0.25, 0.3) is 0 Å². The highest BCUT2D eigenvalue weighted by atomic mass is 16.1. The van der Waals surface area contributed by atoms with Crippen molar-refractivity contribution in [2.24, 2.45) is 0 Å². The number of amides is 1. The SMILES string of the molecule is CCN1CCCC1CNCC(=O)Nc1cccc(C)c1. The zero-order valence-electron chi connectivity index (χ0n) is 12.5. The molecule has 0 saturated carbocycles. The van der Waals surface area contributed by atoms with E-state index in [9.17, 15) is 4.79 Å². The van der Waals surface area contributed by atoms with Gasteiger partial charge in [-0.1, -0.05) is 19.1 Å². The van der Waals surface area contributed by atoms with Gasteiger partial charge in [0.2, 0.25) is 5.91 Å². The Morgan fingerprint density at radius 1 is 1.45 bits per heavy atom. The van der Waals surface area contributed by atoms with Crippen LogP contribution in [0.15, 0.2) is 24.3 Å². The predicted octanol–water partition coefficient (Wildman–Crippen LogP) is 2.01. The second-order valence-electron chi connectivity index (χ2n) is 5.47. The first-order valence-corrected chi connectivity index (χ1v) is 7.50. The summed E-state index contributed by atoms with van der Waals surface area (Å²) in [6, 6.07) is 8.46. The fourth-order valence-electron chi connectivity index (χ4n) is 2.82. The van der Waals surface area contributed by atoms with Gasteiger partial charge in [0.05, 0.1) is 6.54 Å². The van der Waals surface area contributed by atoms with E-state index in [4.69, 9.17) is 0 Å². The van der Waals surface area contributed by atoms with Crippen LogP contribution < -0.4 is 10.6 Å². The molecular weight excluding hydrogens is 250 g/mol. The molecule has 0 spiro atoms. The van der Waals surface area contributed by atoms with Crippen LogP contribution in [0.2, 0.25) is 0 Å². The Labute approximate surface area is 121 Å². The van der Waals surface area contributed by atoms with Crippen LogP contribution in [0.4, 0.5) is 5.69 Å². The van der Waals surface area contributed by atoms with E-state index >= 15 is 0 Å². The highest BCUT2D eigenvalue weighted by Crippen LogP contribution is 2.15. The summed E-state index contributed by atoms with van der Waals surface area (Å²) in [6.07, 6.45) is 2.51. The van der Waals surface area contributed by atoms with Crippen molar-refractivity contribution in [3.05, 3.63) is 29.8 Å². The molecule has 4 heteroatoms. The molecule has 1 amide bonds. The first-order chi connectivity index (χ1) is 9.69. The van der Waals surface area contributed by atoms with Crippen LogP contribution in [0.1, 0.15) is 25.3 Å². The Morgan fingerprint density at radius 2 is 2.30 bits per heavy atom. The Bertz CT molecular complexity index is 447. The van der Waals surface area contributed by atoms with Crippen LogP contribution in [-0.2, 0) is 4.79 Å². The third-order valence-electron chi connectivity index (χ3n) is 3.87. The lowest BCUT2D eigenvalue weighted by atomic mass is 10.2. The fourth-order valence-corrected chi connectivity index (χ4v) is 2.82. The monoisotopic (exact) mass is 275 g/mol. The van der Waals surface area contributed by atoms with E-state index in [2.05, 4.69) is 22.5 Å². The molecule has 1 atom stereocenters. The number of rotatable bonds is 6. The minimum Gasteiger partial charge on any atom is -0.325 e. The van der Waals surface area contributed by atoms with Crippen LogP contribution in [0.5, 0.6) is 0 Å². The molecule has 0 radical (unpaired) electrons. The number of benzene rings is 1. The smallest absolute Gasteiger partial charge is 0.238 e. The molecule has 0 aromatic heterocycles. The molecule has 1 aliphatic heterocycles. The van der Waals surface area contributed by atoms with Crippen LogP contribution >= 0.6 is 0 Å². The molecule has 2 N–H and O–H groups in total.